The third kappa shape index (κ3) is 4.91. The minimum atomic E-state index is -3.91. The Labute approximate surface area is 192 Å². The van der Waals surface area contributed by atoms with Crippen LogP contribution in [0.1, 0.15) is 24.0 Å². The molecule has 0 unspecified atom stereocenters. The van der Waals surface area contributed by atoms with Gasteiger partial charge in [0.05, 0.1) is 10.6 Å². The first kappa shape index (κ1) is 23.3. The second-order valence-corrected chi connectivity index (χ2v) is 10.0. The molecule has 1 aliphatic heterocycles. The molecule has 4 nitrogen and oxygen atoms in total. The van der Waals surface area contributed by atoms with Crippen LogP contribution in [0.15, 0.2) is 71.6 Å². The average Bonchev–Trinajstić information content (AvgIpc) is 2.79. The molecule has 3 aromatic carbocycles. The van der Waals surface area contributed by atoms with Crippen molar-refractivity contribution >= 4 is 15.7 Å². The fourth-order valence-electron chi connectivity index (χ4n) is 4.30. The van der Waals surface area contributed by atoms with Gasteiger partial charge in [-0.25, -0.2) is 21.6 Å². The van der Waals surface area contributed by atoms with Gasteiger partial charge >= 0.3 is 0 Å². The van der Waals surface area contributed by atoms with E-state index in [0.29, 0.717) is 37.2 Å². The molecule has 3 aromatic rings. The van der Waals surface area contributed by atoms with Crippen LogP contribution in [-0.4, -0.2) is 32.4 Å². The number of hydrogen-bond donors (Lipinski definition) is 0. The first-order valence-corrected chi connectivity index (χ1v) is 12.2. The number of likely N-dealkylation sites (tertiary alicyclic amines) is 1. The van der Waals surface area contributed by atoms with Gasteiger partial charge in [0.1, 0.15) is 17.5 Å². The molecule has 4 rings (SSSR count). The Balaban J connectivity index is 1.60. The van der Waals surface area contributed by atoms with Crippen LogP contribution in [0.25, 0.3) is 0 Å². The van der Waals surface area contributed by atoms with Crippen molar-refractivity contribution in [2.75, 3.05) is 17.4 Å². The molecule has 0 saturated carbocycles. The van der Waals surface area contributed by atoms with Crippen LogP contribution in [-0.2, 0) is 16.6 Å². The maximum atomic E-state index is 14.1. The highest BCUT2D eigenvalue weighted by atomic mass is 32.2. The van der Waals surface area contributed by atoms with Crippen LogP contribution in [0.3, 0.4) is 0 Å². The molecule has 0 aromatic heterocycles. The number of nitrogens with zero attached hydrogens (tertiary/aromatic N) is 2. The Hall–Kier alpha value is -2.84. The molecule has 0 N–H and O–H groups in total. The number of rotatable bonds is 6. The van der Waals surface area contributed by atoms with E-state index in [4.69, 9.17) is 0 Å². The summed E-state index contributed by atoms with van der Waals surface area (Å²) in [5, 5.41) is 0. The molecule has 174 valence electrons. The topological polar surface area (TPSA) is 40.6 Å². The smallest absolute Gasteiger partial charge is 0.264 e. The lowest BCUT2D eigenvalue weighted by molar-refractivity contribution is 0.202. The molecule has 1 aliphatic rings. The Morgan fingerprint density at radius 3 is 2.09 bits per heavy atom. The molecular weight excluding hydrogens is 449 g/mol. The number of benzene rings is 3. The van der Waals surface area contributed by atoms with E-state index in [1.165, 1.54) is 46.8 Å². The Bertz CT molecular complexity index is 1200. The van der Waals surface area contributed by atoms with Crippen molar-refractivity contribution in [3.05, 3.63) is 95.3 Å². The van der Waals surface area contributed by atoms with E-state index < -0.39 is 27.5 Å². The first-order chi connectivity index (χ1) is 15.8. The molecule has 0 bridgehead atoms. The van der Waals surface area contributed by atoms with Crippen molar-refractivity contribution in [2.45, 2.75) is 37.2 Å². The van der Waals surface area contributed by atoms with Crippen molar-refractivity contribution in [3.8, 4) is 0 Å². The summed E-state index contributed by atoms with van der Waals surface area (Å²) >= 11 is 0. The van der Waals surface area contributed by atoms with Gasteiger partial charge < -0.3 is 0 Å². The van der Waals surface area contributed by atoms with E-state index >= 15 is 0 Å². The summed E-state index contributed by atoms with van der Waals surface area (Å²) in [7, 11) is -3.91. The maximum absolute atomic E-state index is 14.1. The predicted molar refractivity (Wildman–Crippen MR) is 122 cm³/mol. The molecule has 0 atom stereocenters. The van der Waals surface area contributed by atoms with Crippen LogP contribution in [0.4, 0.5) is 18.9 Å². The molecular formula is C25H25F3N2O2S. The van der Waals surface area contributed by atoms with E-state index in [0.717, 1.165) is 0 Å². The van der Waals surface area contributed by atoms with E-state index in [1.54, 1.807) is 31.2 Å². The van der Waals surface area contributed by atoms with Gasteiger partial charge in [-0.2, -0.15) is 0 Å². The van der Waals surface area contributed by atoms with Crippen molar-refractivity contribution in [1.29, 1.82) is 0 Å². The summed E-state index contributed by atoms with van der Waals surface area (Å²) in [6, 6.07) is 15.6. The zero-order chi connectivity index (χ0) is 23.6. The lowest BCUT2D eigenvalue weighted by atomic mass is 10.0. The number of piperidine rings is 1. The van der Waals surface area contributed by atoms with Crippen LogP contribution in [0.2, 0.25) is 0 Å². The molecule has 1 fully saturated rings. The van der Waals surface area contributed by atoms with E-state index in [1.807, 2.05) is 4.90 Å². The van der Waals surface area contributed by atoms with Gasteiger partial charge in [-0.1, -0.05) is 24.3 Å². The Morgan fingerprint density at radius 2 is 1.48 bits per heavy atom. The van der Waals surface area contributed by atoms with Gasteiger partial charge in [0.15, 0.2) is 0 Å². The number of hydrogen-bond acceptors (Lipinski definition) is 3. The quantitative estimate of drug-likeness (QED) is 0.489. The minimum Gasteiger partial charge on any atom is -0.299 e. The lowest BCUT2D eigenvalue weighted by Gasteiger charge is -2.39. The van der Waals surface area contributed by atoms with Crippen LogP contribution in [0, 0.1) is 24.4 Å². The maximum Gasteiger partial charge on any atom is 0.264 e. The Kier molecular flexibility index (Phi) is 6.76. The predicted octanol–water partition coefficient (Wildman–Crippen LogP) is 5.27. The van der Waals surface area contributed by atoms with Crippen LogP contribution >= 0.6 is 0 Å². The highest BCUT2D eigenvalue weighted by Gasteiger charge is 2.35. The van der Waals surface area contributed by atoms with E-state index in [9.17, 15) is 21.6 Å². The summed E-state index contributed by atoms with van der Waals surface area (Å²) in [5.74, 6) is -1.63. The van der Waals surface area contributed by atoms with E-state index in [-0.39, 0.29) is 23.0 Å². The third-order valence-corrected chi connectivity index (χ3v) is 8.08. The molecule has 33 heavy (non-hydrogen) atoms. The summed E-state index contributed by atoms with van der Waals surface area (Å²) in [6.45, 7) is 2.80. The monoisotopic (exact) mass is 474 g/mol. The number of halogens is 3. The third-order valence-electron chi connectivity index (χ3n) is 6.04. The second kappa shape index (κ2) is 9.57. The standard InChI is InChI=1S/C25H25F3N2O2S/c1-18-5-2-3-8-25(18)33(31,32)30(20-11-9-19(26)10-12-20)21-13-15-29(16-14-21)17-22-23(27)6-4-7-24(22)28/h2-12,21H,13-17H2,1H3. The van der Waals surface area contributed by atoms with Crippen molar-refractivity contribution in [2.24, 2.45) is 0 Å². The summed E-state index contributed by atoms with van der Waals surface area (Å²) in [5.41, 5.74) is 1.02. The van der Waals surface area contributed by atoms with Crippen molar-refractivity contribution in [3.63, 3.8) is 0 Å². The highest BCUT2D eigenvalue weighted by Crippen LogP contribution is 2.32. The first-order valence-electron chi connectivity index (χ1n) is 10.8. The number of anilines is 1. The summed E-state index contributed by atoms with van der Waals surface area (Å²) in [6.07, 6.45) is 0.942. The molecule has 0 aliphatic carbocycles. The zero-order valence-corrected chi connectivity index (χ0v) is 19.0. The normalized spacial score (nSPS) is 15.5. The van der Waals surface area contributed by atoms with Crippen LogP contribution < -0.4 is 4.31 Å². The second-order valence-electron chi connectivity index (χ2n) is 8.25. The lowest BCUT2D eigenvalue weighted by Crippen LogP contribution is -2.47. The van der Waals surface area contributed by atoms with E-state index in [2.05, 4.69) is 0 Å². The largest absolute Gasteiger partial charge is 0.299 e. The molecule has 0 amide bonds. The number of aryl methyl sites for hydroxylation is 1. The van der Waals surface area contributed by atoms with Crippen molar-refractivity contribution < 1.29 is 21.6 Å². The number of sulfonamides is 1. The van der Waals surface area contributed by atoms with Gasteiger partial charge in [0.25, 0.3) is 10.0 Å². The summed E-state index contributed by atoms with van der Waals surface area (Å²) < 4.78 is 70.5. The fraction of sp³-hybridized carbons (Fsp3) is 0.280. The van der Waals surface area contributed by atoms with Gasteiger partial charge in [0.2, 0.25) is 0 Å². The van der Waals surface area contributed by atoms with Gasteiger partial charge in [0, 0.05) is 31.2 Å². The average molecular weight is 475 g/mol. The summed E-state index contributed by atoms with van der Waals surface area (Å²) in [4.78, 5) is 2.12. The fourth-order valence-corrected chi connectivity index (χ4v) is 6.24. The van der Waals surface area contributed by atoms with Gasteiger partial charge in [-0.05, 0) is 67.8 Å². The van der Waals surface area contributed by atoms with Crippen molar-refractivity contribution in [1.82, 2.24) is 4.90 Å². The minimum absolute atomic E-state index is 0.0128. The molecule has 0 radical (unpaired) electrons. The SMILES string of the molecule is Cc1ccccc1S(=O)(=O)N(c1ccc(F)cc1)C1CCN(Cc2c(F)cccc2F)CC1. The molecule has 1 heterocycles. The van der Waals surface area contributed by atoms with Gasteiger partial charge in [-0.15, -0.1) is 0 Å². The van der Waals surface area contributed by atoms with Crippen LogP contribution in [0.5, 0.6) is 0 Å². The van der Waals surface area contributed by atoms with Gasteiger partial charge in [-0.3, -0.25) is 9.21 Å². The molecule has 8 heteroatoms. The zero-order valence-electron chi connectivity index (χ0n) is 18.2. The molecule has 0 spiro atoms. The Morgan fingerprint density at radius 1 is 0.879 bits per heavy atom. The molecule has 1 saturated heterocycles. The highest BCUT2D eigenvalue weighted by molar-refractivity contribution is 7.93.